The molecule has 0 aliphatic carbocycles. The van der Waals surface area contributed by atoms with Crippen molar-refractivity contribution in [3.8, 4) is 11.8 Å². The van der Waals surface area contributed by atoms with Gasteiger partial charge >= 0.3 is 0 Å². The van der Waals surface area contributed by atoms with Gasteiger partial charge in [0.15, 0.2) is 0 Å². The average Bonchev–Trinajstić information content (AvgIpc) is 1.97. The molecule has 1 unspecified atom stereocenters. The molecule has 1 heteroatoms. The molecule has 2 N–H and O–H groups in total. The van der Waals surface area contributed by atoms with Crippen molar-refractivity contribution in [3.05, 3.63) is 0 Å². The minimum Gasteiger partial charge on any atom is -0.327 e. The average molecular weight is 153 g/mol. The summed E-state index contributed by atoms with van der Waals surface area (Å²) >= 11 is 0. The third kappa shape index (κ3) is 5.94. The molecule has 0 spiro atoms. The second-order valence-electron chi connectivity index (χ2n) is 3.23. The van der Waals surface area contributed by atoms with Crippen molar-refractivity contribution in [2.45, 2.75) is 46.1 Å². The van der Waals surface area contributed by atoms with Crippen LogP contribution in [0.3, 0.4) is 0 Å². The van der Waals surface area contributed by atoms with Gasteiger partial charge < -0.3 is 5.73 Å². The summed E-state index contributed by atoms with van der Waals surface area (Å²) in [7, 11) is 0. The Morgan fingerprint density at radius 3 is 2.45 bits per heavy atom. The molecule has 0 aromatic rings. The highest BCUT2D eigenvalue weighted by Gasteiger charge is 2.05. The molecule has 0 rings (SSSR count). The molecule has 64 valence electrons. The zero-order chi connectivity index (χ0) is 8.69. The Labute approximate surface area is 70.4 Å². The van der Waals surface area contributed by atoms with Crippen LogP contribution in [-0.4, -0.2) is 6.04 Å². The highest BCUT2D eigenvalue weighted by Crippen LogP contribution is 2.06. The van der Waals surface area contributed by atoms with E-state index in [1.165, 1.54) is 0 Å². The molecule has 0 radical (unpaired) electrons. The van der Waals surface area contributed by atoms with Crippen LogP contribution < -0.4 is 5.73 Å². The summed E-state index contributed by atoms with van der Waals surface area (Å²) in [5.74, 6) is 6.52. The van der Waals surface area contributed by atoms with E-state index in [0.29, 0.717) is 12.0 Å². The van der Waals surface area contributed by atoms with Gasteiger partial charge in [-0.2, -0.15) is 0 Å². The van der Waals surface area contributed by atoms with Crippen LogP contribution in [0.2, 0.25) is 0 Å². The zero-order valence-electron chi connectivity index (χ0n) is 7.85. The van der Waals surface area contributed by atoms with Crippen LogP contribution in [0, 0.1) is 17.8 Å². The van der Waals surface area contributed by atoms with Gasteiger partial charge in [0.25, 0.3) is 0 Å². The van der Waals surface area contributed by atoms with E-state index in [0.717, 1.165) is 19.3 Å². The first kappa shape index (κ1) is 10.5. The van der Waals surface area contributed by atoms with Crippen molar-refractivity contribution in [2.24, 2.45) is 11.7 Å². The molecule has 0 aliphatic heterocycles. The van der Waals surface area contributed by atoms with Gasteiger partial charge in [-0.05, 0) is 25.7 Å². The Morgan fingerprint density at radius 1 is 1.36 bits per heavy atom. The molecule has 0 saturated carbocycles. The molecule has 0 fully saturated rings. The predicted octanol–water partition coefficient (Wildman–Crippen LogP) is 2.16. The summed E-state index contributed by atoms with van der Waals surface area (Å²) in [6.45, 7) is 6.20. The number of hydrogen-bond donors (Lipinski definition) is 1. The maximum absolute atomic E-state index is 5.85. The van der Waals surface area contributed by atoms with Crippen molar-refractivity contribution in [2.75, 3.05) is 0 Å². The van der Waals surface area contributed by atoms with E-state index in [1.54, 1.807) is 0 Å². The molecule has 0 aromatic carbocycles. The van der Waals surface area contributed by atoms with E-state index in [2.05, 4.69) is 25.7 Å². The normalized spacial score (nSPS) is 12.5. The fraction of sp³-hybridized carbons (Fsp3) is 0.800. The van der Waals surface area contributed by atoms with Crippen molar-refractivity contribution in [3.63, 3.8) is 0 Å². The fourth-order valence-electron chi connectivity index (χ4n) is 0.884. The summed E-state index contributed by atoms with van der Waals surface area (Å²) < 4.78 is 0. The molecule has 1 atom stereocenters. The summed E-state index contributed by atoms with van der Waals surface area (Å²) in [5, 5.41) is 0. The molecule has 0 amide bonds. The van der Waals surface area contributed by atoms with Gasteiger partial charge in [0.2, 0.25) is 0 Å². The molecule has 0 heterocycles. The van der Waals surface area contributed by atoms with Crippen molar-refractivity contribution in [1.29, 1.82) is 0 Å². The molecular formula is C10H19N. The van der Waals surface area contributed by atoms with Crippen LogP contribution in [-0.2, 0) is 0 Å². The predicted molar refractivity (Wildman–Crippen MR) is 50.1 cm³/mol. The fourth-order valence-corrected chi connectivity index (χ4v) is 0.884. The van der Waals surface area contributed by atoms with Crippen molar-refractivity contribution in [1.82, 2.24) is 0 Å². The van der Waals surface area contributed by atoms with Gasteiger partial charge in [0.1, 0.15) is 0 Å². The minimum atomic E-state index is 0.355. The maximum Gasteiger partial charge on any atom is 0.00891 e. The van der Waals surface area contributed by atoms with Gasteiger partial charge in [-0.3, -0.25) is 0 Å². The van der Waals surface area contributed by atoms with Gasteiger partial charge in [-0.25, -0.2) is 0 Å². The van der Waals surface area contributed by atoms with Crippen LogP contribution >= 0.6 is 0 Å². The molecule has 11 heavy (non-hydrogen) atoms. The van der Waals surface area contributed by atoms with E-state index in [1.807, 2.05) is 6.92 Å². The Balaban J connectivity index is 3.29. The summed E-state index contributed by atoms with van der Waals surface area (Å²) in [6, 6.07) is 0.355. The Kier molecular flexibility index (Phi) is 5.97. The van der Waals surface area contributed by atoms with E-state index in [9.17, 15) is 0 Å². The van der Waals surface area contributed by atoms with Crippen molar-refractivity contribution < 1.29 is 0 Å². The van der Waals surface area contributed by atoms with Gasteiger partial charge in [0, 0.05) is 12.5 Å². The molecule has 0 bridgehead atoms. The van der Waals surface area contributed by atoms with Crippen LogP contribution in [0.1, 0.15) is 40.0 Å². The highest BCUT2D eigenvalue weighted by molar-refractivity contribution is 4.94. The monoisotopic (exact) mass is 153 g/mol. The SMILES string of the molecule is CC#CCCCC(N)C(C)C. The molecule has 1 nitrogen and oxygen atoms in total. The third-order valence-electron chi connectivity index (χ3n) is 1.87. The zero-order valence-corrected chi connectivity index (χ0v) is 7.85. The first-order valence-corrected chi connectivity index (χ1v) is 4.33. The lowest BCUT2D eigenvalue weighted by Gasteiger charge is -2.13. The summed E-state index contributed by atoms with van der Waals surface area (Å²) in [5.41, 5.74) is 5.85. The first-order valence-electron chi connectivity index (χ1n) is 4.33. The summed E-state index contributed by atoms with van der Waals surface area (Å²) in [6.07, 6.45) is 3.24. The third-order valence-corrected chi connectivity index (χ3v) is 1.87. The van der Waals surface area contributed by atoms with Crippen LogP contribution in [0.4, 0.5) is 0 Å². The Hall–Kier alpha value is -0.480. The largest absolute Gasteiger partial charge is 0.327 e. The van der Waals surface area contributed by atoms with Crippen LogP contribution in [0.15, 0.2) is 0 Å². The minimum absolute atomic E-state index is 0.355. The number of nitrogens with two attached hydrogens (primary N) is 1. The Bertz CT molecular complexity index is 139. The molecule has 0 aliphatic rings. The van der Waals surface area contributed by atoms with Crippen molar-refractivity contribution >= 4 is 0 Å². The molecular weight excluding hydrogens is 134 g/mol. The van der Waals surface area contributed by atoms with Gasteiger partial charge in [0.05, 0.1) is 0 Å². The standard InChI is InChI=1S/C10H19N/c1-4-5-6-7-8-10(11)9(2)3/h9-10H,6-8,11H2,1-3H3. The quantitative estimate of drug-likeness (QED) is 0.486. The first-order chi connectivity index (χ1) is 5.18. The molecule has 0 saturated heterocycles. The maximum atomic E-state index is 5.85. The lowest BCUT2D eigenvalue weighted by atomic mass is 10.00. The second-order valence-corrected chi connectivity index (χ2v) is 3.23. The topological polar surface area (TPSA) is 26.0 Å². The van der Waals surface area contributed by atoms with E-state index < -0.39 is 0 Å². The number of unbranched alkanes of at least 4 members (excludes halogenated alkanes) is 1. The Morgan fingerprint density at radius 2 is 2.00 bits per heavy atom. The second kappa shape index (κ2) is 6.24. The highest BCUT2D eigenvalue weighted by atomic mass is 14.6. The number of rotatable bonds is 4. The van der Waals surface area contributed by atoms with E-state index in [-0.39, 0.29) is 0 Å². The molecule has 0 aromatic heterocycles. The smallest absolute Gasteiger partial charge is 0.00891 e. The number of hydrogen-bond acceptors (Lipinski definition) is 1. The van der Waals surface area contributed by atoms with Gasteiger partial charge in [-0.15, -0.1) is 11.8 Å². The van der Waals surface area contributed by atoms with Crippen LogP contribution in [0.25, 0.3) is 0 Å². The van der Waals surface area contributed by atoms with Crippen LogP contribution in [0.5, 0.6) is 0 Å². The lowest BCUT2D eigenvalue weighted by molar-refractivity contribution is 0.454. The van der Waals surface area contributed by atoms with E-state index >= 15 is 0 Å². The van der Waals surface area contributed by atoms with Gasteiger partial charge in [-0.1, -0.05) is 13.8 Å². The van der Waals surface area contributed by atoms with E-state index in [4.69, 9.17) is 5.73 Å². The lowest BCUT2D eigenvalue weighted by Crippen LogP contribution is -2.25. The summed E-state index contributed by atoms with van der Waals surface area (Å²) in [4.78, 5) is 0.